The first-order valence-electron chi connectivity index (χ1n) is 7.17. The van der Waals surface area contributed by atoms with Crippen LogP contribution in [0.2, 0.25) is 0 Å². The van der Waals surface area contributed by atoms with E-state index in [0.29, 0.717) is 5.92 Å². The molecule has 108 valence electrons. The second-order valence-corrected chi connectivity index (χ2v) is 5.38. The first kappa shape index (κ1) is 15.7. The standard InChI is InChI=1S/C14H25N3O2/c1-5-7-8-11(6-2)9-17-13(10(3)4)12(14(18)19)15-16-17/h10-11H,5-9H2,1-4H3,(H,18,19). The summed E-state index contributed by atoms with van der Waals surface area (Å²) < 4.78 is 1.79. The molecule has 1 N–H and O–H groups in total. The number of aromatic carboxylic acids is 1. The van der Waals surface area contributed by atoms with E-state index in [0.717, 1.165) is 25.1 Å². The fourth-order valence-corrected chi connectivity index (χ4v) is 2.34. The second-order valence-electron chi connectivity index (χ2n) is 5.38. The number of hydrogen-bond acceptors (Lipinski definition) is 3. The van der Waals surface area contributed by atoms with E-state index in [1.54, 1.807) is 4.68 Å². The number of rotatable bonds is 8. The van der Waals surface area contributed by atoms with Crippen molar-refractivity contribution in [3.8, 4) is 0 Å². The minimum Gasteiger partial charge on any atom is -0.476 e. The highest BCUT2D eigenvalue weighted by atomic mass is 16.4. The van der Waals surface area contributed by atoms with Gasteiger partial charge in [-0.2, -0.15) is 0 Å². The molecule has 1 rings (SSSR count). The zero-order chi connectivity index (χ0) is 14.4. The van der Waals surface area contributed by atoms with Crippen LogP contribution in [0.15, 0.2) is 0 Å². The van der Waals surface area contributed by atoms with E-state index >= 15 is 0 Å². The molecule has 19 heavy (non-hydrogen) atoms. The predicted molar refractivity (Wildman–Crippen MR) is 74.4 cm³/mol. The van der Waals surface area contributed by atoms with Gasteiger partial charge in [-0.3, -0.25) is 0 Å². The van der Waals surface area contributed by atoms with E-state index in [2.05, 4.69) is 24.2 Å². The average Bonchev–Trinajstić information content (AvgIpc) is 2.78. The third kappa shape index (κ3) is 4.04. The van der Waals surface area contributed by atoms with Gasteiger partial charge in [0.1, 0.15) is 0 Å². The molecule has 5 nitrogen and oxygen atoms in total. The Morgan fingerprint density at radius 3 is 2.53 bits per heavy atom. The molecule has 1 unspecified atom stereocenters. The van der Waals surface area contributed by atoms with Crippen molar-refractivity contribution in [2.24, 2.45) is 5.92 Å². The van der Waals surface area contributed by atoms with Crippen molar-refractivity contribution in [1.82, 2.24) is 15.0 Å². The van der Waals surface area contributed by atoms with Crippen LogP contribution in [-0.2, 0) is 6.54 Å². The highest BCUT2D eigenvalue weighted by Crippen LogP contribution is 2.21. The van der Waals surface area contributed by atoms with E-state index < -0.39 is 5.97 Å². The van der Waals surface area contributed by atoms with Gasteiger partial charge < -0.3 is 5.11 Å². The molecule has 1 aromatic heterocycles. The maximum atomic E-state index is 11.2. The van der Waals surface area contributed by atoms with Gasteiger partial charge in [0.2, 0.25) is 0 Å². The summed E-state index contributed by atoms with van der Waals surface area (Å²) in [5, 5.41) is 17.0. The molecule has 5 heteroatoms. The van der Waals surface area contributed by atoms with Gasteiger partial charge in [0.15, 0.2) is 5.69 Å². The third-order valence-electron chi connectivity index (χ3n) is 3.50. The van der Waals surface area contributed by atoms with Gasteiger partial charge in [0, 0.05) is 6.54 Å². The molecule has 0 fully saturated rings. The van der Waals surface area contributed by atoms with E-state index in [4.69, 9.17) is 5.11 Å². The Kier molecular flexibility index (Phi) is 5.99. The Hall–Kier alpha value is -1.39. The van der Waals surface area contributed by atoms with Gasteiger partial charge in [-0.1, -0.05) is 52.2 Å². The van der Waals surface area contributed by atoms with Crippen molar-refractivity contribution < 1.29 is 9.90 Å². The minimum atomic E-state index is -0.989. The van der Waals surface area contributed by atoms with Crippen molar-refractivity contribution in [3.63, 3.8) is 0 Å². The van der Waals surface area contributed by atoms with Crippen LogP contribution in [0.4, 0.5) is 0 Å². The van der Waals surface area contributed by atoms with Crippen LogP contribution in [0.3, 0.4) is 0 Å². The summed E-state index contributed by atoms with van der Waals surface area (Å²) >= 11 is 0. The van der Waals surface area contributed by atoms with Crippen molar-refractivity contribution in [3.05, 3.63) is 11.4 Å². The lowest BCUT2D eigenvalue weighted by molar-refractivity contribution is 0.0688. The molecule has 0 bridgehead atoms. The summed E-state index contributed by atoms with van der Waals surface area (Å²) in [6.45, 7) is 9.09. The van der Waals surface area contributed by atoms with Crippen LogP contribution < -0.4 is 0 Å². The van der Waals surface area contributed by atoms with Crippen molar-refractivity contribution in [1.29, 1.82) is 0 Å². The summed E-state index contributed by atoms with van der Waals surface area (Å²) in [6.07, 6.45) is 4.63. The summed E-state index contributed by atoms with van der Waals surface area (Å²) in [4.78, 5) is 11.2. The van der Waals surface area contributed by atoms with E-state index in [1.807, 2.05) is 13.8 Å². The smallest absolute Gasteiger partial charge is 0.358 e. The molecule has 0 aliphatic heterocycles. The van der Waals surface area contributed by atoms with Crippen molar-refractivity contribution in [2.45, 2.75) is 65.8 Å². The molecule has 0 spiro atoms. The molecule has 0 amide bonds. The van der Waals surface area contributed by atoms with Crippen LogP contribution in [0.25, 0.3) is 0 Å². The van der Waals surface area contributed by atoms with E-state index in [9.17, 15) is 4.79 Å². The first-order chi connectivity index (χ1) is 9.01. The van der Waals surface area contributed by atoms with Crippen LogP contribution in [0.5, 0.6) is 0 Å². The fourth-order valence-electron chi connectivity index (χ4n) is 2.34. The number of unbranched alkanes of at least 4 members (excludes halogenated alkanes) is 1. The summed E-state index contributed by atoms with van der Waals surface area (Å²) in [6, 6.07) is 0. The maximum Gasteiger partial charge on any atom is 0.358 e. The lowest BCUT2D eigenvalue weighted by Crippen LogP contribution is -2.16. The Labute approximate surface area is 115 Å². The zero-order valence-corrected chi connectivity index (χ0v) is 12.4. The lowest BCUT2D eigenvalue weighted by atomic mass is 9.99. The maximum absolute atomic E-state index is 11.2. The van der Waals surface area contributed by atoms with Crippen molar-refractivity contribution >= 4 is 5.97 Å². The molecule has 1 heterocycles. The summed E-state index contributed by atoms with van der Waals surface area (Å²) in [5.41, 5.74) is 0.836. The topological polar surface area (TPSA) is 68.0 Å². The molecule has 0 aliphatic rings. The predicted octanol–water partition coefficient (Wildman–Crippen LogP) is 3.32. The molecule has 0 radical (unpaired) electrons. The van der Waals surface area contributed by atoms with Crippen LogP contribution >= 0.6 is 0 Å². The molecule has 0 aromatic carbocycles. The first-order valence-corrected chi connectivity index (χ1v) is 7.17. The molecule has 1 atom stereocenters. The number of carboxylic acids is 1. The normalized spacial score (nSPS) is 12.9. The Morgan fingerprint density at radius 1 is 1.37 bits per heavy atom. The van der Waals surface area contributed by atoms with Gasteiger partial charge in [-0.25, -0.2) is 9.48 Å². The molecular formula is C14H25N3O2. The van der Waals surface area contributed by atoms with Crippen molar-refractivity contribution in [2.75, 3.05) is 0 Å². The highest BCUT2D eigenvalue weighted by molar-refractivity contribution is 5.86. The minimum absolute atomic E-state index is 0.0975. The Balaban J connectivity index is 2.90. The van der Waals surface area contributed by atoms with E-state index in [-0.39, 0.29) is 11.6 Å². The number of carbonyl (C=O) groups is 1. The van der Waals surface area contributed by atoms with Gasteiger partial charge in [-0.05, 0) is 18.3 Å². The highest BCUT2D eigenvalue weighted by Gasteiger charge is 2.22. The summed E-state index contributed by atoms with van der Waals surface area (Å²) in [7, 11) is 0. The average molecular weight is 267 g/mol. The monoisotopic (exact) mass is 267 g/mol. The second kappa shape index (κ2) is 7.26. The van der Waals surface area contributed by atoms with Gasteiger partial charge >= 0.3 is 5.97 Å². The molecule has 1 aromatic rings. The van der Waals surface area contributed by atoms with Crippen LogP contribution in [0, 0.1) is 5.92 Å². The summed E-state index contributed by atoms with van der Waals surface area (Å²) in [5.74, 6) is -0.331. The zero-order valence-electron chi connectivity index (χ0n) is 12.4. The molecule has 0 saturated carbocycles. The number of carboxylic acid groups (broad SMARTS) is 1. The molecule has 0 saturated heterocycles. The van der Waals surface area contributed by atoms with Crippen LogP contribution in [0.1, 0.15) is 75.5 Å². The largest absolute Gasteiger partial charge is 0.476 e. The molecule has 0 aliphatic carbocycles. The number of aromatic nitrogens is 3. The Bertz CT molecular complexity index is 413. The Morgan fingerprint density at radius 2 is 2.05 bits per heavy atom. The third-order valence-corrected chi connectivity index (χ3v) is 3.50. The fraction of sp³-hybridized carbons (Fsp3) is 0.786. The lowest BCUT2D eigenvalue weighted by Gasteiger charge is -2.17. The van der Waals surface area contributed by atoms with Gasteiger partial charge in [-0.15, -0.1) is 5.10 Å². The quantitative estimate of drug-likeness (QED) is 0.784. The number of hydrogen-bond donors (Lipinski definition) is 1. The van der Waals surface area contributed by atoms with Gasteiger partial charge in [0.05, 0.1) is 5.69 Å². The van der Waals surface area contributed by atoms with Gasteiger partial charge in [0.25, 0.3) is 0 Å². The SMILES string of the molecule is CCCCC(CC)Cn1nnc(C(=O)O)c1C(C)C. The number of nitrogens with zero attached hydrogens (tertiary/aromatic N) is 3. The van der Waals surface area contributed by atoms with E-state index in [1.165, 1.54) is 12.8 Å². The molecular weight excluding hydrogens is 242 g/mol. The van der Waals surface area contributed by atoms with Crippen LogP contribution in [-0.4, -0.2) is 26.1 Å².